The van der Waals surface area contributed by atoms with E-state index in [0.29, 0.717) is 31.8 Å². The van der Waals surface area contributed by atoms with E-state index in [-0.39, 0.29) is 5.75 Å². The molecule has 0 aliphatic carbocycles. The second kappa shape index (κ2) is 7.66. The molecule has 0 fully saturated rings. The zero-order valence-corrected chi connectivity index (χ0v) is 13.8. The van der Waals surface area contributed by atoms with E-state index in [1.54, 1.807) is 0 Å². The van der Waals surface area contributed by atoms with Gasteiger partial charge in [0, 0.05) is 5.41 Å². The van der Waals surface area contributed by atoms with Crippen LogP contribution in [0.4, 0.5) is 0 Å². The molecule has 0 amide bonds. The normalized spacial score (nSPS) is 12.2. The summed E-state index contributed by atoms with van der Waals surface area (Å²) in [5, 5.41) is 5.19. The van der Waals surface area contributed by atoms with Crippen LogP contribution in [0.3, 0.4) is 0 Å². The molecule has 0 aromatic heterocycles. The lowest BCUT2D eigenvalue weighted by Gasteiger charge is -2.30. The summed E-state index contributed by atoms with van der Waals surface area (Å²) in [4.78, 5) is 0. The third-order valence-corrected chi connectivity index (χ3v) is 4.70. The van der Waals surface area contributed by atoms with Crippen molar-refractivity contribution in [2.24, 2.45) is 10.6 Å². The zero-order chi connectivity index (χ0) is 15.9. The highest BCUT2D eigenvalue weighted by molar-refractivity contribution is 7.89. The van der Waals surface area contributed by atoms with E-state index in [9.17, 15) is 8.42 Å². The first-order valence-electron chi connectivity index (χ1n) is 7.20. The highest BCUT2D eigenvalue weighted by Gasteiger charge is 2.32. The van der Waals surface area contributed by atoms with E-state index < -0.39 is 15.4 Å². The predicted octanol–water partition coefficient (Wildman–Crippen LogP) is 2.56. The van der Waals surface area contributed by atoms with Crippen LogP contribution in [0.5, 0.6) is 11.5 Å². The number of ether oxygens (including phenoxy) is 2. The fourth-order valence-electron chi connectivity index (χ4n) is 2.16. The van der Waals surface area contributed by atoms with Gasteiger partial charge in [-0.2, -0.15) is 0 Å². The number of hydrogen-bond donors (Lipinski definition) is 1. The Morgan fingerprint density at radius 3 is 1.86 bits per heavy atom. The lowest BCUT2D eigenvalue weighted by molar-refractivity contribution is 0.154. The van der Waals surface area contributed by atoms with Crippen molar-refractivity contribution < 1.29 is 17.9 Å². The smallest absolute Gasteiger partial charge is 0.209 e. The van der Waals surface area contributed by atoms with Crippen molar-refractivity contribution in [3.8, 4) is 11.5 Å². The first-order chi connectivity index (χ1) is 9.84. The molecule has 5 nitrogen and oxygen atoms in total. The lowest BCUT2D eigenvalue weighted by atomic mass is 9.85. The second-order valence-corrected chi connectivity index (χ2v) is 6.82. The van der Waals surface area contributed by atoms with Gasteiger partial charge in [0.15, 0.2) is 0 Å². The van der Waals surface area contributed by atoms with Gasteiger partial charge in [-0.1, -0.05) is 13.8 Å². The van der Waals surface area contributed by atoms with Gasteiger partial charge in [0.2, 0.25) is 10.0 Å². The lowest BCUT2D eigenvalue weighted by Crippen LogP contribution is -2.37. The third-order valence-electron chi connectivity index (χ3n) is 3.69. The molecule has 2 N–H and O–H groups in total. The van der Waals surface area contributed by atoms with Crippen LogP contribution in [0.2, 0.25) is 0 Å². The predicted molar refractivity (Wildman–Crippen MR) is 84.1 cm³/mol. The van der Waals surface area contributed by atoms with Gasteiger partial charge in [0.25, 0.3) is 0 Å². The highest BCUT2D eigenvalue weighted by Crippen LogP contribution is 2.29. The summed E-state index contributed by atoms with van der Waals surface area (Å²) in [6, 6.07) is 7.30. The quantitative estimate of drug-likeness (QED) is 0.759. The Morgan fingerprint density at radius 1 is 1.00 bits per heavy atom. The van der Waals surface area contributed by atoms with E-state index >= 15 is 0 Å². The summed E-state index contributed by atoms with van der Waals surface area (Å²) < 4.78 is 33.9. The molecule has 0 aliphatic heterocycles. The summed E-state index contributed by atoms with van der Waals surface area (Å²) in [5.74, 6) is 1.41. The minimum atomic E-state index is -3.52. The maximum Gasteiger partial charge on any atom is 0.209 e. The molecular formula is C15H25NO4S. The van der Waals surface area contributed by atoms with Crippen LogP contribution < -0.4 is 14.6 Å². The van der Waals surface area contributed by atoms with Crippen LogP contribution in [0, 0.1) is 5.41 Å². The molecule has 0 saturated heterocycles. The summed E-state index contributed by atoms with van der Waals surface area (Å²) >= 11 is 0. The first kappa shape index (κ1) is 17.8. The molecule has 0 bridgehead atoms. The van der Waals surface area contributed by atoms with Crippen LogP contribution in [0.15, 0.2) is 24.3 Å². The molecule has 1 aromatic rings. The molecule has 0 atom stereocenters. The minimum absolute atomic E-state index is 0.0654. The van der Waals surface area contributed by atoms with Crippen LogP contribution in [-0.2, 0) is 10.0 Å². The topological polar surface area (TPSA) is 78.6 Å². The van der Waals surface area contributed by atoms with Crippen molar-refractivity contribution in [2.75, 3.05) is 19.0 Å². The van der Waals surface area contributed by atoms with Crippen LogP contribution in [0.1, 0.15) is 33.6 Å². The Bertz CT molecular complexity index is 521. The molecule has 0 radical (unpaired) electrons. The standard InChI is InChI=1S/C15H25NO4S/c1-4-15(5-2,12-21(16,17)18)11-20-14-9-7-13(8-10-14)19-6-3/h7-10H,4-6,11-12H2,1-3H3,(H2,16,17,18). The number of sulfonamides is 1. The van der Waals surface area contributed by atoms with Gasteiger partial charge < -0.3 is 9.47 Å². The van der Waals surface area contributed by atoms with E-state index in [1.165, 1.54) is 0 Å². The fourth-order valence-corrected chi connectivity index (χ4v) is 3.51. The Kier molecular flexibility index (Phi) is 6.48. The maximum absolute atomic E-state index is 11.4. The Balaban J connectivity index is 2.72. The number of hydrogen-bond acceptors (Lipinski definition) is 4. The summed E-state index contributed by atoms with van der Waals surface area (Å²) in [7, 11) is -3.52. The van der Waals surface area contributed by atoms with Crippen LogP contribution in [-0.4, -0.2) is 27.4 Å². The molecule has 6 heteroatoms. The van der Waals surface area contributed by atoms with Gasteiger partial charge in [-0.15, -0.1) is 0 Å². The van der Waals surface area contributed by atoms with Crippen molar-refractivity contribution >= 4 is 10.0 Å². The van der Waals surface area contributed by atoms with E-state index in [4.69, 9.17) is 14.6 Å². The number of nitrogens with two attached hydrogens (primary N) is 1. The molecule has 21 heavy (non-hydrogen) atoms. The molecule has 0 saturated carbocycles. The van der Waals surface area contributed by atoms with E-state index in [0.717, 1.165) is 5.75 Å². The molecule has 0 aliphatic rings. The minimum Gasteiger partial charge on any atom is -0.494 e. The van der Waals surface area contributed by atoms with Crippen molar-refractivity contribution in [1.82, 2.24) is 0 Å². The third kappa shape index (κ3) is 5.93. The molecular weight excluding hydrogens is 290 g/mol. The Morgan fingerprint density at radius 2 is 1.48 bits per heavy atom. The van der Waals surface area contributed by atoms with Crippen molar-refractivity contribution in [3.63, 3.8) is 0 Å². The Hall–Kier alpha value is -1.27. The van der Waals surface area contributed by atoms with Crippen LogP contribution in [0.25, 0.3) is 0 Å². The summed E-state index contributed by atoms with van der Waals surface area (Å²) in [6.07, 6.45) is 1.38. The maximum atomic E-state index is 11.4. The monoisotopic (exact) mass is 315 g/mol. The number of benzene rings is 1. The van der Waals surface area contributed by atoms with Crippen molar-refractivity contribution in [1.29, 1.82) is 0 Å². The van der Waals surface area contributed by atoms with Gasteiger partial charge in [-0.25, -0.2) is 13.6 Å². The van der Waals surface area contributed by atoms with Gasteiger partial charge in [0.05, 0.1) is 19.0 Å². The molecule has 0 heterocycles. The molecule has 1 rings (SSSR count). The zero-order valence-electron chi connectivity index (χ0n) is 13.0. The van der Waals surface area contributed by atoms with E-state index in [1.807, 2.05) is 45.0 Å². The van der Waals surface area contributed by atoms with Gasteiger partial charge in [-0.05, 0) is 44.0 Å². The van der Waals surface area contributed by atoms with Crippen LogP contribution >= 0.6 is 0 Å². The van der Waals surface area contributed by atoms with Gasteiger partial charge >= 0.3 is 0 Å². The average Bonchev–Trinajstić information content (AvgIpc) is 2.44. The molecule has 0 unspecified atom stereocenters. The van der Waals surface area contributed by atoms with Crippen molar-refractivity contribution in [2.45, 2.75) is 33.6 Å². The highest BCUT2D eigenvalue weighted by atomic mass is 32.2. The average molecular weight is 315 g/mol. The first-order valence-corrected chi connectivity index (χ1v) is 8.92. The summed E-state index contributed by atoms with van der Waals surface area (Å²) in [5.41, 5.74) is -0.452. The van der Waals surface area contributed by atoms with Gasteiger partial charge in [-0.3, -0.25) is 0 Å². The number of primary sulfonamides is 1. The van der Waals surface area contributed by atoms with Crippen molar-refractivity contribution in [3.05, 3.63) is 24.3 Å². The fraction of sp³-hybridized carbons (Fsp3) is 0.600. The van der Waals surface area contributed by atoms with E-state index in [2.05, 4.69) is 0 Å². The van der Waals surface area contributed by atoms with Gasteiger partial charge in [0.1, 0.15) is 11.5 Å². The molecule has 1 aromatic carbocycles. The largest absolute Gasteiger partial charge is 0.494 e. The Labute approximate surface area is 127 Å². The molecule has 120 valence electrons. The SMILES string of the molecule is CCOc1ccc(OCC(CC)(CC)CS(N)(=O)=O)cc1. The second-order valence-electron chi connectivity index (χ2n) is 5.21. The summed E-state index contributed by atoms with van der Waals surface area (Å²) in [6.45, 7) is 6.77. The molecule has 0 spiro atoms. The number of rotatable bonds is 9.